The van der Waals surface area contributed by atoms with Crippen molar-refractivity contribution in [2.45, 2.75) is 26.4 Å². The summed E-state index contributed by atoms with van der Waals surface area (Å²) in [7, 11) is 0. The molecule has 0 saturated carbocycles. The Hall–Kier alpha value is -2.45. The maximum atomic E-state index is 12.5. The van der Waals surface area contributed by atoms with E-state index in [0.29, 0.717) is 36.4 Å². The Bertz CT molecular complexity index is 912. The van der Waals surface area contributed by atoms with E-state index < -0.39 is 0 Å². The van der Waals surface area contributed by atoms with Gasteiger partial charge in [-0.25, -0.2) is 4.68 Å². The van der Waals surface area contributed by atoms with Crippen molar-refractivity contribution < 1.29 is 9.53 Å². The van der Waals surface area contributed by atoms with E-state index >= 15 is 0 Å². The van der Waals surface area contributed by atoms with Crippen molar-refractivity contribution in [3.63, 3.8) is 0 Å². The Labute approximate surface area is 157 Å². The Morgan fingerprint density at radius 2 is 1.85 bits per heavy atom. The normalized spacial score (nSPS) is 16.6. The topological polar surface area (TPSA) is 96.4 Å². The van der Waals surface area contributed by atoms with Crippen LogP contribution in [0, 0.1) is 5.92 Å². The lowest BCUT2D eigenvalue weighted by Crippen LogP contribution is -2.51. The van der Waals surface area contributed by atoms with Gasteiger partial charge in [0.2, 0.25) is 5.91 Å². The molecule has 0 bridgehead atoms. The number of benzene rings is 1. The molecule has 1 aliphatic heterocycles. The molecule has 8 heteroatoms. The van der Waals surface area contributed by atoms with E-state index in [1.54, 1.807) is 24.3 Å². The number of ether oxygens (including phenoxy) is 1. The zero-order valence-corrected chi connectivity index (χ0v) is 15.7. The van der Waals surface area contributed by atoms with Gasteiger partial charge in [-0.3, -0.25) is 24.4 Å². The van der Waals surface area contributed by atoms with Gasteiger partial charge in [-0.2, -0.15) is 0 Å². The summed E-state index contributed by atoms with van der Waals surface area (Å²) in [6.45, 7) is 7.60. The van der Waals surface area contributed by atoms with Gasteiger partial charge in [-0.1, -0.05) is 26.0 Å². The van der Waals surface area contributed by atoms with Crippen molar-refractivity contribution in [2.75, 3.05) is 32.8 Å². The Morgan fingerprint density at radius 3 is 2.52 bits per heavy atom. The van der Waals surface area contributed by atoms with E-state index in [4.69, 9.17) is 4.74 Å². The van der Waals surface area contributed by atoms with Crippen LogP contribution in [0.15, 0.2) is 33.9 Å². The summed E-state index contributed by atoms with van der Waals surface area (Å²) in [5.74, 6) is 0.0635. The monoisotopic (exact) mass is 374 g/mol. The van der Waals surface area contributed by atoms with Crippen molar-refractivity contribution in [1.29, 1.82) is 0 Å². The number of amides is 1. The predicted octanol–water partition coefficient (Wildman–Crippen LogP) is 0.163. The highest BCUT2D eigenvalue weighted by atomic mass is 16.5. The van der Waals surface area contributed by atoms with Gasteiger partial charge in [0.1, 0.15) is 6.54 Å². The van der Waals surface area contributed by atoms with Crippen LogP contribution in [-0.4, -0.2) is 59.5 Å². The minimum absolute atomic E-state index is 0.199. The number of nitrogens with one attached hydrogen (secondary N) is 2. The highest BCUT2D eigenvalue weighted by Crippen LogP contribution is 2.12. The van der Waals surface area contributed by atoms with E-state index in [9.17, 15) is 14.4 Å². The first-order valence-corrected chi connectivity index (χ1v) is 9.27. The smallest absolute Gasteiger partial charge is 0.273 e. The second-order valence-electron chi connectivity index (χ2n) is 7.14. The van der Waals surface area contributed by atoms with Crippen LogP contribution in [0.5, 0.6) is 0 Å². The average molecular weight is 374 g/mol. The van der Waals surface area contributed by atoms with E-state index in [0.717, 1.165) is 17.8 Å². The van der Waals surface area contributed by atoms with Crippen molar-refractivity contribution >= 4 is 16.7 Å². The second-order valence-corrected chi connectivity index (χ2v) is 7.14. The molecule has 1 fully saturated rings. The molecule has 1 aliphatic rings. The lowest BCUT2D eigenvalue weighted by atomic mass is 10.0. The first-order valence-electron chi connectivity index (χ1n) is 9.27. The average Bonchev–Trinajstić information content (AvgIpc) is 2.66. The standard InChI is InChI=1S/C19H26N4O4/c1-13(2)16(22-7-9-27-10-8-22)11-20-17(24)12-23-19(26)15-6-4-3-5-14(15)18(25)21-23/h3-6,13,16H,7-12H2,1-2H3,(H,20,24)(H,21,25). The second kappa shape index (κ2) is 8.49. The number of carbonyl (C=O) groups excluding carboxylic acids is 1. The number of aromatic amines is 1. The van der Waals surface area contributed by atoms with Crippen LogP contribution in [0.2, 0.25) is 0 Å². The Morgan fingerprint density at radius 1 is 1.19 bits per heavy atom. The molecule has 2 N–H and O–H groups in total. The SMILES string of the molecule is CC(C)C(CNC(=O)Cn1[nH]c(=O)c2ccccc2c1=O)N1CCOCC1. The summed E-state index contributed by atoms with van der Waals surface area (Å²) in [4.78, 5) is 39.3. The fourth-order valence-corrected chi connectivity index (χ4v) is 3.47. The van der Waals surface area contributed by atoms with Crippen LogP contribution in [0.1, 0.15) is 13.8 Å². The first-order chi connectivity index (χ1) is 13.0. The summed E-state index contributed by atoms with van der Waals surface area (Å²) in [5, 5.41) is 6.02. The van der Waals surface area contributed by atoms with Gasteiger partial charge in [-0.05, 0) is 18.1 Å². The number of aromatic nitrogens is 2. The largest absolute Gasteiger partial charge is 0.379 e. The molecular weight excluding hydrogens is 348 g/mol. The van der Waals surface area contributed by atoms with E-state index in [2.05, 4.69) is 29.2 Å². The number of nitrogens with zero attached hydrogens (tertiary/aromatic N) is 2. The molecule has 1 atom stereocenters. The van der Waals surface area contributed by atoms with Gasteiger partial charge in [0.05, 0.1) is 24.0 Å². The van der Waals surface area contributed by atoms with Crippen molar-refractivity contribution in [3.05, 3.63) is 45.0 Å². The molecule has 2 aromatic rings. The summed E-state index contributed by atoms with van der Waals surface area (Å²) >= 11 is 0. The van der Waals surface area contributed by atoms with Crippen LogP contribution in [0.25, 0.3) is 10.8 Å². The zero-order valence-electron chi connectivity index (χ0n) is 15.7. The van der Waals surface area contributed by atoms with Gasteiger partial charge >= 0.3 is 0 Å². The summed E-state index contributed by atoms with van der Waals surface area (Å²) in [6.07, 6.45) is 0. The lowest BCUT2D eigenvalue weighted by Gasteiger charge is -2.36. The van der Waals surface area contributed by atoms with Gasteiger partial charge in [0.15, 0.2) is 0 Å². The molecule has 0 aliphatic carbocycles. The fourth-order valence-electron chi connectivity index (χ4n) is 3.47. The summed E-state index contributed by atoms with van der Waals surface area (Å²) in [5.41, 5.74) is -0.764. The molecule has 0 spiro atoms. The fraction of sp³-hybridized carbons (Fsp3) is 0.526. The number of hydrogen-bond acceptors (Lipinski definition) is 5. The molecule has 1 aromatic carbocycles. The molecule has 1 saturated heterocycles. The molecule has 146 valence electrons. The van der Waals surface area contributed by atoms with Crippen molar-refractivity contribution in [2.24, 2.45) is 5.92 Å². The number of morpholine rings is 1. The Kier molecular flexibility index (Phi) is 6.08. The van der Waals surface area contributed by atoms with Crippen LogP contribution in [-0.2, 0) is 16.1 Å². The van der Waals surface area contributed by atoms with Crippen LogP contribution in [0.4, 0.5) is 0 Å². The molecular formula is C19H26N4O4. The van der Waals surface area contributed by atoms with Crippen molar-refractivity contribution in [3.8, 4) is 0 Å². The first kappa shape index (κ1) is 19.3. The number of hydrogen-bond donors (Lipinski definition) is 2. The zero-order chi connectivity index (χ0) is 19.4. The van der Waals surface area contributed by atoms with E-state index in [1.807, 2.05) is 0 Å². The van der Waals surface area contributed by atoms with Gasteiger partial charge in [-0.15, -0.1) is 0 Å². The third-order valence-corrected chi connectivity index (χ3v) is 4.98. The number of rotatable bonds is 6. The quantitative estimate of drug-likeness (QED) is 0.751. The summed E-state index contributed by atoms with van der Waals surface area (Å²) in [6, 6.07) is 6.78. The summed E-state index contributed by atoms with van der Waals surface area (Å²) < 4.78 is 6.46. The molecule has 8 nitrogen and oxygen atoms in total. The van der Waals surface area contributed by atoms with E-state index in [-0.39, 0.29) is 29.6 Å². The molecule has 1 aromatic heterocycles. The van der Waals surface area contributed by atoms with Gasteiger partial charge in [0.25, 0.3) is 11.1 Å². The van der Waals surface area contributed by atoms with E-state index in [1.165, 1.54) is 0 Å². The highest BCUT2D eigenvalue weighted by Gasteiger charge is 2.24. The van der Waals surface area contributed by atoms with Crippen LogP contribution < -0.4 is 16.4 Å². The maximum Gasteiger partial charge on any atom is 0.273 e. The Balaban J connectivity index is 1.68. The number of H-pyrrole nitrogens is 1. The molecule has 3 rings (SSSR count). The van der Waals surface area contributed by atoms with Crippen LogP contribution >= 0.6 is 0 Å². The molecule has 1 amide bonds. The molecule has 2 heterocycles. The third kappa shape index (κ3) is 4.45. The highest BCUT2D eigenvalue weighted by molar-refractivity contribution is 5.81. The molecule has 0 radical (unpaired) electrons. The minimum atomic E-state index is -0.383. The van der Waals surface area contributed by atoms with Crippen molar-refractivity contribution in [1.82, 2.24) is 20.0 Å². The minimum Gasteiger partial charge on any atom is -0.379 e. The maximum absolute atomic E-state index is 12.5. The van der Waals surface area contributed by atoms with Gasteiger partial charge < -0.3 is 10.1 Å². The number of fused-ring (bicyclic) bond motifs is 1. The third-order valence-electron chi connectivity index (χ3n) is 4.98. The van der Waals surface area contributed by atoms with Crippen LogP contribution in [0.3, 0.4) is 0 Å². The number of carbonyl (C=O) groups is 1. The lowest BCUT2D eigenvalue weighted by molar-refractivity contribution is -0.122. The van der Waals surface area contributed by atoms with Gasteiger partial charge in [0, 0.05) is 25.7 Å². The predicted molar refractivity (Wildman–Crippen MR) is 103 cm³/mol. The molecule has 1 unspecified atom stereocenters. The molecule has 27 heavy (non-hydrogen) atoms.